The zero-order valence-corrected chi connectivity index (χ0v) is 11.5. The predicted molar refractivity (Wildman–Crippen MR) is 73.5 cm³/mol. The molecule has 0 bridgehead atoms. The fraction of sp³-hybridized carbons (Fsp3) is 0.571. The average molecular weight is 270 g/mol. The van der Waals surface area contributed by atoms with Crippen LogP contribution in [0.25, 0.3) is 0 Å². The predicted octanol–water partition coefficient (Wildman–Crippen LogP) is 2.80. The van der Waals surface area contributed by atoms with Gasteiger partial charge in [-0.05, 0) is 37.5 Å². The molecule has 1 aliphatic rings. The fourth-order valence-electron chi connectivity index (χ4n) is 2.03. The van der Waals surface area contributed by atoms with Gasteiger partial charge in [0.2, 0.25) is 0 Å². The average Bonchev–Trinajstić information content (AvgIpc) is 2.86. The summed E-state index contributed by atoms with van der Waals surface area (Å²) >= 11 is 5.93. The Morgan fingerprint density at radius 3 is 3.17 bits per heavy atom. The molecule has 1 aliphatic heterocycles. The zero-order chi connectivity index (χ0) is 12.8. The minimum Gasteiger partial charge on any atom is -0.492 e. The van der Waals surface area contributed by atoms with Crippen molar-refractivity contribution in [2.24, 2.45) is 0 Å². The van der Waals surface area contributed by atoms with Gasteiger partial charge in [-0.2, -0.15) is 0 Å². The second-order valence-corrected chi connectivity index (χ2v) is 5.03. The number of hydrogen-bond donors (Lipinski definition) is 1. The van der Waals surface area contributed by atoms with Crippen LogP contribution in [-0.4, -0.2) is 32.4 Å². The summed E-state index contributed by atoms with van der Waals surface area (Å²) in [5.74, 6) is 0.862. The number of halogens is 1. The van der Waals surface area contributed by atoms with Gasteiger partial charge in [0.1, 0.15) is 12.4 Å². The Morgan fingerprint density at radius 1 is 1.50 bits per heavy atom. The van der Waals surface area contributed by atoms with Crippen molar-refractivity contribution in [3.8, 4) is 5.75 Å². The summed E-state index contributed by atoms with van der Waals surface area (Å²) in [5, 5.41) is 4.06. The van der Waals surface area contributed by atoms with Crippen molar-refractivity contribution in [3.63, 3.8) is 0 Å². The Hall–Kier alpha value is -0.770. The molecule has 1 N–H and O–H groups in total. The smallest absolute Gasteiger partial charge is 0.123 e. The number of benzene rings is 1. The molecule has 2 rings (SSSR count). The molecule has 1 aromatic rings. The second kappa shape index (κ2) is 6.98. The third-order valence-corrected chi connectivity index (χ3v) is 3.32. The summed E-state index contributed by atoms with van der Waals surface area (Å²) in [6.45, 7) is 5.31. The minimum atomic E-state index is 0.387. The third kappa shape index (κ3) is 4.16. The van der Waals surface area contributed by atoms with Gasteiger partial charge >= 0.3 is 0 Å². The molecule has 0 spiro atoms. The molecule has 1 aromatic carbocycles. The van der Waals surface area contributed by atoms with Crippen LogP contribution in [0, 0.1) is 6.92 Å². The highest BCUT2D eigenvalue weighted by atomic mass is 35.5. The van der Waals surface area contributed by atoms with Crippen molar-refractivity contribution in [3.05, 3.63) is 28.8 Å². The van der Waals surface area contributed by atoms with Crippen molar-refractivity contribution in [2.75, 3.05) is 26.3 Å². The number of rotatable bonds is 6. The van der Waals surface area contributed by atoms with E-state index in [1.165, 1.54) is 12.8 Å². The lowest BCUT2D eigenvalue weighted by Crippen LogP contribution is -2.29. The van der Waals surface area contributed by atoms with Gasteiger partial charge in [0.05, 0.1) is 6.10 Å². The summed E-state index contributed by atoms with van der Waals surface area (Å²) < 4.78 is 11.2. The molecule has 0 radical (unpaired) electrons. The largest absolute Gasteiger partial charge is 0.492 e. The highest BCUT2D eigenvalue weighted by Crippen LogP contribution is 2.22. The van der Waals surface area contributed by atoms with Gasteiger partial charge in [0, 0.05) is 24.7 Å². The van der Waals surface area contributed by atoms with Crippen LogP contribution >= 0.6 is 11.6 Å². The Bertz CT molecular complexity index is 378. The SMILES string of the molecule is Cc1ccc(Cl)cc1OCCNCC1CCCO1. The van der Waals surface area contributed by atoms with Crippen LogP contribution in [0.4, 0.5) is 0 Å². The Labute approximate surface area is 113 Å². The van der Waals surface area contributed by atoms with E-state index in [0.29, 0.717) is 17.7 Å². The molecule has 1 unspecified atom stereocenters. The van der Waals surface area contributed by atoms with Crippen LogP contribution in [0.1, 0.15) is 18.4 Å². The lowest BCUT2D eigenvalue weighted by Gasteiger charge is -2.12. The van der Waals surface area contributed by atoms with Gasteiger partial charge in [-0.15, -0.1) is 0 Å². The van der Waals surface area contributed by atoms with E-state index in [-0.39, 0.29) is 0 Å². The molecule has 1 fully saturated rings. The molecule has 1 atom stereocenters. The number of hydrogen-bond acceptors (Lipinski definition) is 3. The molecule has 1 saturated heterocycles. The molecular weight excluding hydrogens is 250 g/mol. The van der Waals surface area contributed by atoms with Crippen LogP contribution in [-0.2, 0) is 4.74 Å². The van der Waals surface area contributed by atoms with Gasteiger partial charge in [0.25, 0.3) is 0 Å². The summed E-state index contributed by atoms with van der Waals surface area (Å²) in [6, 6.07) is 5.70. The van der Waals surface area contributed by atoms with E-state index in [1.54, 1.807) is 0 Å². The van der Waals surface area contributed by atoms with Crippen LogP contribution in [0.3, 0.4) is 0 Å². The van der Waals surface area contributed by atoms with Crippen molar-refractivity contribution < 1.29 is 9.47 Å². The Morgan fingerprint density at radius 2 is 2.39 bits per heavy atom. The van der Waals surface area contributed by atoms with Crippen molar-refractivity contribution in [2.45, 2.75) is 25.9 Å². The third-order valence-electron chi connectivity index (χ3n) is 3.08. The summed E-state index contributed by atoms with van der Waals surface area (Å²) in [7, 11) is 0. The van der Waals surface area contributed by atoms with Gasteiger partial charge in [-0.25, -0.2) is 0 Å². The molecule has 100 valence electrons. The van der Waals surface area contributed by atoms with E-state index in [1.807, 2.05) is 25.1 Å². The van der Waals surface area contributed by atoms with Crippen LogP contribution < -0.4 is 10.1 Å². The maximum atomic E-state index is 5.93. The van der Waals surface area contributed by atoms with E-state index >= 15 is 0 Å². The minimum absolute atomic E-state index is 0.387. The van der Waals surface area contributed by atoms with Crippen LogP contribution in [0.15, 0.2) is 18.2 Å². The first kappa shape index (κ1) is 13.7. The van der Waals surface area contributed by atoms with E-state index < -0.39 is 0 Å². The number of aryl methyl sites for hydroxylation is 1. The maximum Gasteiger partial charge on any atom is 0.123 e. The topological polar surface area (TPSA) is 30.5 Å². The molecule has 3 nitrogen and oxygen atoms in total. The van der Waals surface area contributed by atoms with Crippen molar-refractivity contribution in [1.82, 2.24) is 5.32 Å². The van der Waals surface area contributed by atoms with Crippen molar-refractivity contribution >= 4 is 11.6 Å². The molecule has 0 amide bonds. The molecule has 0 saturated carbocycles. The maximum absolute atomic E-state index is 5.93. The van der Waals surface area contributed by atoms with E-state index in [9.17, 15) is 0 Å². The molecule has 1 heterocycles. The number of nitrogens with one attached hydrogen (secondary N) is 1. The zero-order valence-electron chi connectivity index (χ0n) is 10.7. The first-order chi connectivity index (χ1) is 8.75. The van der Waals surface area contributed by atoms with E-state index in [0.717, 1.165) is 31.0 Å². The Balaban J connectivity index is 1.64. The summed E-state index contributed by atoms with van der Waals surface area (Å²) in [4.78, 5) is 0. The lowest BCUT2D eigenvalue weighted by atomic mass is 10.2. The molecular formula is C14H20ClNO2. The summed E-state index contributed by atoms with van der Waals surface area (Å²) in [6.07, 6.45) is 2.74. The van der Waals surface area contributed by atoms with Gasteiger partial charge in [-0.3, -0.25) is 0 Å². The molecule has 18 heavy (non-hydrogen) atoms. The highest BCUT2D eigenvalue weighted by Gasteiger charge is 2.14. The highest BCUT2D eigenvalue weighted by molar-refractivity contribution is 6.30. The van der Waals surface area contributed by atoms with Gasteiger partial charge in [-0.1, -0.05) is 17.7 Å². The van der Waals surface area contributed by atoms with Crippen LogP contribution in [0.5, 0.6) is 5.75 Å². The van der Waals surface area contributed by atoms with Gasteiger partial charge in [0.15, 0.2) is 0 Å². The first-order valence-electron chi connectivity index (χ1n) is 6.47. The fourth-order valence-corrected chi connectivity index (χ4v) is 2.19. The lowest BCUT2D eigenvalue weighted by molar-refractivity contribution is 0.109. The van der Waals surface area contributed by atoms with Gasteiger partial charge < -0.3 is 14.8 Å². The van der Waals surface area contributed by atoms with Crippen LogP contribution in [0.2, 0.25) is 5.02 Å². The number of ether oxygens (including phenoxy) is 2. The quantitative estimate of drug-likeness (QED) is 0.806. The van der Waals surface area contributed by atoms with Crippen molar-refractivity contribution in [1.29, 1.82) is 0 Å². The molecule has 0 aliphatic carbocycles. The monoisotopic (exact) mass is 269 g/mol. The molecule has 4 heteroatoms. The standard InChI is InChI=1S/C14H20ClNO2/c1-11-4-5-12(15)9-14(11)18-8-6-16-10-13-3-2-7-17-13/h4-5,9,13,16H,2-3,6-8,10H2,1H3. The normalized spacial score (nSPS) is 19.1. The Kier molecular flexibility index (Phi) is 5.29. The second-order valence-electron chi connectivity index (χ2n) is 4.60. The van der Waals surface area contributed by atoms with E-state index in [4.69, 9.17) is 21.1 Å². The summed E-state index contributed by atoms with van der Waals surface area (Å²) in [5.41, 5.74) is 1.11. The van der Waals surface area contributed by atoms with E-state index in [2.05, 4.69) is 5.32 Å². The molecule has 0 aromatic heterocycles. The first-order valence-corrected chi connectivity index (χ1v) is 6.85.